The van der Waals surface area contributed by atoms with Crippen LogP contribution in [-0.2, 0) is 9.59 Å². The Bertz CT molecular complexity index is 1100. The summed E-state index contributed by atoms with van der Waals surface area (Å²) >= 11 is 0. The summed E-state index contributed by atoms with van der Waals surface area (Å²) in [4.78, 5) is 29.2. The zero-order valence-electron chi connectivity index (χ0n) is 21.0. The molecule has 0 fully saturated rings. The number of allylic oxidation sites excluding steroid dienone is 1. The molecule has 2 aliphatic rings. The number of fused-ring (bicyclic) bond motifs is 1. The van der Waals surface area contributed by atoms with Gasteiger partial charge in [0, 0.05) is 23.6 Å². The van der Waals surface area contributed by atoms with E-state index < -0.39 is 6.04 Å². The van der Waals surface area contributed by atoms with Gasteiger partial charge < -0.3 is 10.1 Å². The lowest BCUT2D eigenvalue weighted by molar-refractivity contribution is -0.122. The number of nitrogens with one attached hydrogen (secondary N) is 1. The summed E-state index contributed by atoms with van der Waals surface area (Å²) in [6, 6.07) is 15.3. The van der Waals surface area contributed by atoms with Gasteiger partial charge in [-0.2, -0.15) is 0 Å². The number of ether oxygens (including phenoxy) is 1. The van der Waals surface area contributed by atoms with Gasteiger partial charge in [0.2, 0.25) is 5.91 Å². The smallest absolute Gasteiger partial charge is 0.230 e. The van der Waals surface area contributed by atoms with E-state index in [1.54, 1.807) is 0 Å². The highest BCUT2D eigenvalue weighted by molar-refractivity contribution is 6.06. The van der Waals surface area contributed by atoms with Crippen molar-refractivity contribution in [1.82, 2.24) is 0 Å². The average Bonchev–Trinajstić information content (AvgIpc) is 2.92. The fraction of sp³-hybridized carbons (Fsp3) is 0.448. The van der Waals surface area contributed by atoms with E-state index in [-0.39, 0.29) is 23.0 Å². The number of Topliss-reactive ketones (excluding diaryl/α,β-unsaturated/α-hetero) is 1. The van der Waals surface area contributed by atoms with E-state index in [0.29, 0.717) is 18.6 Å². The molecule has 5 nitrogen and oxygen atoms in total. The van der Waals surface area contributed by atoms with E-state index in [2.05, 4.69) is 26.1 Å². The minimum absolute atomic E-state index is 0.00564. The molecule has 2 aromatic carbocycles. The number of nitrogens with zero attached hydrogens (tertiary/aromatic N) is 1. The van der Waals surface area contributed by atoms with Gasteiger partial charge in [-0.25, -0.2) is 0 Å². The molecule has 1 atom stereocenters. The highest BCUT2D eigenvalue weighted by Gasteiger charge is 2.43. The Labute approximate surface area is 203 Å². The van der Waals surface area contributed by atoms with Gasteiger partial charge in [-0.1, -0.05) is 65.3 Å². The number of unbranched alkanes of at least 4 members (excludes halogenated alkanes) is 1. The third kappa shape index (κ3) is 4.75. The van der Waals surface area contributed by atoms with Crippen molar-refractivity contribution in [2.24, 2.45) is 11.3 Å². The summed E-state index contributed by atoms with van der Waals surface area (Å²) in [6.07, 6.45) is 3.29. The third-order valence-corrected chi connectivity index (χ3v) is 6.59. The topological polar surface area (TPSA) is 58.6 Å². The number of amides is 1. The van der Waals surface area contributed by atoms with Crippen LogP contribution < -0.4 is 15.0 Å². The van der Waals surface area contributed by atoms with Gasteiger partial charge in [0.1, 0.15) is 5.75 Å². The van der Waals surface area contributed by atoms with Crippen molar-refractivity contribution in [1.29, 1.82) is 0 Å². The highest BCUT2D eigenvalue weighted by Crippen LogP contribution is 2.48. The Morgan fingerprint density at radius 2 is 1.82 bits per heavy atom. The Hall–Kier alpha value is -3.08. The van der Waals surface area contributed by atoms with E-state index in [1.807, 2.05) is 67.3 Å². The summed E-state index contributed by atoms with van der Waals surface area (Å²) in [6.45, 7) is 10.9. The summed E-state index contributed by atoms with van der Waals surface area (Å²) in [5.41, 5.74) is 4.04. The van der Waals surface area contributed by atoms with E-state index in [1.165, 1.54) is 0 Å². The fourth-order valence-electron chi connectivity index (χ4n) is 4.90. The van der Waals surface area contributed by atoms with Crippen LogP contribution in [-0.4, -0.2) is 18.3 Å². The number of hydrogen-bond acceptors (Lipinski definition) is 4. The Morgan fingerprint density at radius 3 is 2.50 bits per heavy atom. The number of ketones is 1. The number of benzene rings is 2. The zero-order valence-corrected chi connectivity index (χ0v) is 21.0. The Balaban J connectivity index is 1.88. The molecule has 4 rings (SSSR count). The van der Waals surface area contributed by atoms with Crippen LogP contribution in [0.3, 0.4) is 0 Å². The normalized spacial score (nSPS) is 19.3. The third-order valence-electron chi connectivity index (χ3n) is 6.59. The van der Waals surface area contributed by atoms with Crippen molar-refractivity contribution < 1.29 is 14.3 Å². The molecule has 1 N–H and O–H groups in total. The molecule has 5 heteroatoms. The van der Waals surface area contributed by atoms with Crippen molar-refractivity contribution >= 4 is 23.1 Å². The van der Waals surface area contributed by atoms with Crippen LogP contribution >= 0.6 is 0 Å². The molecule has 1 heterocycles. The van der Waals surface area contributed by atoms with E-state index in [0.717, 1.165) is 47.6 Å². The second-order valence-electron chi connectivity index (χ2n) is 10.5. The number of rotatable bonds is 6. The molecule has 1 aliphatic carbocycles. The Morgan fingerprint density at radius 1 is 1.12 bits per heavy atom. The summed E-state index contributed by atoms with van der Waals surface area (Å²) in [5, 5.41) is 3.56. The van der Waals surface area contributed by atoms with Crippen LogP contribution in [0.5, 0.6) is 5.75 Å². The second-order valence-corrected chi connectivity index (χ2v) is 10.5. The lowest BCUT2D eigenvalue weighted by Crippen LogP contribution is -2.41. The van der Waals surface area contributed by atoms with Gasteiger partial charge in [0.25, 0.3) is 0 Å². The predicted octanol–water partition coefficient (Wildman–Crippen LogP) is 6.66. The number of para-hydroxylation sites is 2. The van der Waals surface area contributed by atoms with E-state index >= 15 is 0 Å². The summed E-state index contributed by atoms with van der Waals surface area (Å²) < 4.78 is 5.87. The maximum atomic E-state index is 13.7. The molecule has 0 saturated carbocycles. The van der Waals surface area contributed by atoms with Crippen LogP contribution in [0.1, 0.15) is 71.9 Å². The molecular formula is C29H36N2O3. The van der Waals surface area contributed by atoms with Gasteiger partial charge in [-0.05, 0) is 48.1 Å². The van der Waals surface area contributed by atoms with Crippen molar-refractivity contribution in [3.05, 3.63) is 65.4 Å². The van der Waals surface area contributed by atoms with Crippen LogP contribution in [0.25, 0.3) is 0 Å². The molecule has 34 heavy (non-hydrogen) atoms. The quantitative estimate of drug-likeness (QED) is 0.490. The van der Waals surface area contributed by atoms with Crippen molar-refractivity contribution in [2.45, 2.75) is 66.3 Å². The molecule has 1 aliphatic heterocycles. The largest absolute Gasteiger partial charge is 0.494 e. The van der Waals surface area contributed by atoms with Gasteiger partial charge in [0.05, 0.1) is 24.0 Å². The molecule has 0 spiro atoms. The first-order valence-electron chi connectivity index (χ1n) is 12.4. The minimum Gasteiger partial charge on any atom is -0.494 e. The second kappa shape index (κ2) is 9.65. The molecule has 0 aromatic heterocycles. The molecule has 0 unspecified atom stereocenters. The molecule has 0 radical (unpaired) electrons. The monoisotopic (exact) mass is 460 g/mol. The van der Waals surface area contributed by atoms with E-state index in [9.17, 15) is 9.59 Å². The number of anilines is 2. The van der Waals surface area contributed by atoms with Gasteiger partial charge in [0.15, 0.2) is 5.78 Å². The van der Waals surface area contributed by atoms with Gasteiger partial charge in [-0.15, -0.1) is 0 Å². The van der Waals surface area contributed by atoms with E-state index in [4.69, 9.17) is 4.74 Å². The molecule has 2 aromatic rings. The van der Waals surface area contributed by atoms with Crippen LogP contribution in [0.4, 0.5) is 11.4 Å². The number of carbonyl (C=O) groups is 2. The number of hydrogen-bond donors (Lipinski definition) is 1. The van der Waals surface area contributed by atoms with Crippen molar-refractivity contribution in [3.8, 4) is 5.75 Å². The molecule has 0 saturated heterocycles. The first-order valence-corrected chi connectivity index (χ1v) is 12.4. The summed E-state index contributed by atoms with van der Waals surface area (Å²) in [7, 11) is 0. The first-order chi connectivity index (χ1) is 16.2. The number of carbonyl (C=O) groups excluding carboxylic acids is 2. The first kappa shape index (κ1) is 24.1. The van der Waals surface area contributed by atoms with Gasteiger partial charge in [-0.3, -0.25) is 14.5 Å². The van der Waals surface area contributed by atoms with Gasteiger partial charge >= 0.3 is 0 Å². The zero-order chi connectivity index (χ0) is 24.5. The average molecular weight is 461 g/mol. The minimum atomic E-state index is -0.491. The van der Waals surface area contributed by atoms with Crippen LogP contribution in [0.15, 0.2) is 59.8 Å². The maximum absolute atomic E-state index is 13.7. The molecule has 180 valence electrons. The van der Waals surface area contributed by atoms with Crippen LogP contribution in [0.2, 0.25) is 0 Å². The molecule has 1 amide bonds. The SMILES string of the molecule is CCCCOc1ccc([C@@H]2C3=C(CC(C)(C)CC3=O)Nc3ccccc3N2C(=O)C(C)C)cc1. The highest BCUT2D eigenvalue weighted by atomic mass is 16.5. The summed E-state index contributed by atoms with van der Waals surface area (Å²) in [5.74, 6) is 0.677. The standard InChI is InChI=1S/C29H36N2O3/c1-6-7-16-34-21-14-12-20(13-15-21)27-26-23(17-29(4,5)18-25(26)32)30-22-10-8-9-11-24(22)31(27)28(33)19(2)3/h8-15,19,27,30H,6-7,16-18H2,1-5H3/t27-/m1/s1. The lowest BCUT2D eigenvalue weighted by atomic mass is 9.73. The maximum Gasteiger partial charge on any atom is 0.230 e. The molecule has 0 bridgehead atoms. The van der Waals surface area contributed by atoms with Crippen LogP contribution in [0, 0.1) is 11.3 Å². The lowest BCUT2D eigenvalue weighted by Gasteiger charge is -2.37. The predicted molar refractivity (Wildman–Crippen MR) is 137 cm³/mol. The fourth-order valence-corrected chi connectivity index (χ4v) is 4.90. The van der Waals surface area contributed by atoms with Crippen molar-refractivity contribution in [2.75, 3.05) is 16.8 Å². The van der Waals surface area contributed by atoms with Crippen molar-refractivity contribution in [3.63, 3.8) is 0 Å². The molecular weight excluding hydrogens is 424 g/mol. The Kier molecular flexibility index (Phi) is 6.83.